The smallest absolute Gasteiger partial charge is 0.0132 e. The highest BCUT2D eigenvalue weighted by Crippen LogP contribution is 2.44. The Morgan fingerprint density at radius 1 is 1.38 bits per heavy atom. The summed E-state index contributed by atoms with van der Waals surface area (Å²) in [5.41, 5.74) is 0. The van der Waals surface area contributed by atoms with Crippen molar-refractivity contribution in [3.8, 4) is 0 Å². The fourth-order valence-corrected chi connectivity index (χ4v) is 3.71. The molecular formula is C11H21NS. The molecule has 2 heteroatoms. The molecular weight excluding hydrogens is 178 g/mol. The van der Waals surface area contributed by atoms with Crippen molar-refractivity contribution in [2.75, 3.05) is 12.0 Å². The van der Waals surface area contributed by atoms with Gasteiger partial charge in [-0.05, 0) is 44.3 Å². The average molecular weight is 199 g/mol. The molecule has 0 saturated heterocycles. The maximum Gasteiger partial charge on any atom is 0.0132 e. The van der Waals surface area contributed by atoms with Crippen LogP contribution < -0.4 is 5.32 Å². The molecule has 0 aliphatic heterocycles. The van der Waals surface area contributed by atoms with E-state index in [4.69, 9.17) is 0 Å². The Morgan fingerprint density at radius 2 is 2.23 bits per heavy atom. The van der Waals surface area contributed by atoms with E-state index in [9.17, 15) is 0 Å². The number of hydrogen-bond donors (Lipinski definition) is 1. The van der Waals surface area contributed by atoms with E-state index in [1.807, 2.05) is 11.8 Å². The topological polar surface area (TPSA) is 12.0 Å². The van der Waals surface area contributed by atoms with Crippen molar-refractivity contribution in [1.82, 2.24) is 5.32 Å². The van der Waals surface area contributed by atoms with Crippen molar-refractivity contribution in [3.05, 3.63) is 0 Å². The van der Waals surface area contributed by atoms with Gasteiger partial charge in [-0.1, -0.05) is 6.42 Å². The first kappa shape index (κ1) is 9.85. The van der Waals surface area contributed by atoms with Gasteiger partial charge in [0.15, 0.2) is 0 Å². The molecule has 0 spiro atoms. The lowest BCUT2D eigenvalue weighted by atomic mass is 9.95. The van der Waals surface area contributed by atoms with Crippen LogP contribution in [0.2, 0.25) is 0 Å². The zero-order valence-electron chi connectivity index (χ0n) is 8.75. The van der Waals surface area contributed by atoms with Gasteiger partial charge in [0, 0.05) is 17.8 Å². The van der Waals surface area contributed by atoms with E-state index < -0.39 is 0 Å². The van der Waals surface area contributed by atoms with Crippen LogP contribution in [-0.4, -0.2) is 24.1 Å². The Balaban J connectivity index is 1.76. The summed E-state index contributed by atoms with van der Waals surface area (Å²) in [6.45, 7) is 2.32. The Labute approximate surface area is 86.0 Å². The van der Waals surface area contributed by atoms with Gasteiger partial charge in [0.25, 0.3) is 0 Å². The predicted molar refractivity (Wildman–Crippen MR) is 60.2 cm³/mol. The molecule has 2 bridgehead atoms. The summed E-state index contributed by atoms with van der Waals surface area (Å²) in [7, 11) is 0. The maximum absolute atomic E-state index is 3.79. The zero-order chi connectivity index (χ0) is 9.26. The third-order valence-corrected chi connectivity index (χ3v) is 4.49. The van der Waals surface area contributed by atoms with Gasteiger partial charge in [0.1, 0.15) is 0 Å². The zero-order valence-corrected chi connectivity index (χ0v) is 9.57. The number of thioether (sulfide) groups is 1. The molecule has 0 radical (unpaired) electrons. The lowest BCUT2D eigenvalue weighted by Crippen LogP contribution is -2.41. The summed E-state index contributed by atoms with van der Waals surface area (Å²) in [5.74, 6) is 3.35. The van der Waals surface area contributed by atoms with Crippen LogP contribution in [0.25, 0.3) is 0 Å². The molecule has 2 aliphatic carbocycles. The first-order valence-corrected chi connectivity index (χ1v) is 6.94. The predicted octanol–water partition coefficient (Wildman–Crippen LogP) is 2.52. The molecule has 4 unspecified atom stereocenters. The molecule has 0 aromatic rings. The first-order valence-electron chi connectivity index (χ1n) is 5.54. The lowest BCUT2D eigenvalue weighted by Gasteiger charge is -2.26. The van der Waals surface area contributed by atoms with Gasteiger partial charge in [-0.25, -0.2) is 0 Å². The highest BCUT2D eigenvalue weighted by Gasteiger charge is 2.39. The molecule has 2 fully saturated rings. The van der Waals surface area contributed by atoms with Crippen LogP contribution in [0.15, 0.2) is 0 Å². The van der Waals surface area contributed by atoms with Crippen molar-refractivity contribution in [3.63, 3.8) is 0 Å². The SMILES string of the molecule is CSCC(C)NC1CC2CCC1C2. The molecule has 0 aromatic heterocycles. The Hall–Kier alpha value is 0.310. The molecule has 2 rings (SSSR count). The van der Waals surface area contributed by atoms with Gasteiger partial charge >= 0.3 is 0 Å². The van der Waals surface area contributed by atoms with E-state index in [2.05, 4.69) is 18.5 Å². The van der Waals surface area contributed by atoms with Crippen LogP contribution in [0.4, 0.5) is 0 Å². The van der Waals surface area contributed by atoms with Gasteiger partial charge in [-0.15, -0.1) is 0 Å². The van der Waals surface area contributed by atoms with Crippen LogP contribution in [0, 0.1) is 11.8 Å². The highest BCUT2D eigenvalue weighted by atomic mass is 32.2. The van der Waals surface area contributed by atoms with E-state index in [0.717, 1.165) is 17.9 Å². The van der Waals surface area contributed by atoms with Crippen molar-refractivity contribution in [2.24, 2.45) is 11.8 Å². The molecule has 76 valence electrons. The Morgan fingerprint density at radius 3 is 2.77 bits per heavy atom. The van der Waals surface area contributed by atoms with Crippen molar-refractivity contribution in [1.29, 1.82) is 0 Å². The van der Waals surface area contributed by atoms with Crippen LogP contribution in [0.3, 0.4) is 0 Å². The Kier molecular flexibility index (Phi) is 3.20. The van der Waals surface area contributed by atoms with E-state index in [-0.39, 0.29) is 0 Å². The van der Waals surface area contributed by atoms with E-state index in [1.165, 1.54) is 31.4 Å². The number of fused-ring (bicyclic) bond motifs is 2. The number of rotatable bonds is 4. The van der Waals surface area contributed by atoms with Gasteiger partial charge in [-0.2, -0.15) is 11.8 Å². The summed E-state index contributed by atoms with van der Waals surface area (Å²) in [6, 6.07) is 1.57. The average Bonchev–Trinajstić information content (AvgIpc) is 2.65. The minimum absolute atomic E-state index is 0.708. The second-order valence-electron chi connectivity index (χ2n) is 4.80. The van der Waals surface area contributed by atoms with Crippen molar-refractivity contribution >= 4 is 11.8 Å². The molecule has 0 aromatic carbocycles. The molecule has 1 N–H and O–H groups in total. The van der Waals surface area contributed by atoms with Gasteiger partial charge in [0.05, 0.1) is 0 Å². The van der Waals surface area contributed by atoms with Crippen molar-refractivity contribution < 1.29 is 0 Å². The molecule has 2 aliphatic rings. The lowest BCUT2D eigenvalue weighted by molar-refractivity contribution is 0.333. The number of nitrogens with one attached hydrogen (secondary N) is 1. The summed E-state index contributed by atoms with van der Waals surface area (Å²) < 4.78 is 0. The Bertz CT molecular complexity index is 171. The molecule has 0 heterocycles. The number of hydrogen-bond acceptors (Lipinski definition) is 2. The van der Waals surface area contributed by atoms with Gasteiger partial charge in [-0.3, -0.25) is 0 Å². The quantitative estimate of drug-likeness (QED) is 0.746. The third-order valence-electron chi connectivity index (χ3n) is 3.65. The van der Waals surface area contributed by atoms with E-state index >= 15 is 0 Å². The first-order chi connectivity index (χ1) is 6.29. The fourth-order valence-electron chi connectivity index (χ4n) is 3.11. The van der Waals surface area contributed by atoms with Crippen molar-refractivity contribution in [2.45, 2.75) is 44.7 Å². The van der Waals surface area contributed by atoms with Crippen LogP contribution in [0.5, 0.6) is 0 Å². The van der Waals surface area contributed by atoms with Gasteiger partial charge < -0.3 is 5.32 Å². The van der Waals surface area contributed by atoms with Gasteiger partial charge in [0.2, 0.25) is 0 Å². The normalized spacial score (nSPS) is 39.7. The van der Waals surface area contributed by atoms with E-state index in [0.29, 0.717) is 6.04 Å². The van der Waals surface area contributed by atoms with Crippen LogP contribution >= 0.6 is 11.8 Å². The third kappa shape index (κ3) is 2.21. The molecule has 0 amide bonds. The van der Waals surface area contributed by atoms with Crippen LogP contribution in [0.1, 0.15) is 32.6 Å². The maximum atomic E-state index is 3.79. The summed E-state index contributed by atoms with van der Waals surface area (Å²) in [5, 5.41) is 3.79. The van der Waals surface area contributed by atoms with E-state index in [1.54, 1.807) is 0 Å². The fraction of sp³-hybridized carbons (Fsp3) is 1.00. The monoisotopic (exact) mass is 199 g/mol. The summed E-state index contributed by atoms with van der Waals surface area (Å²) >= 11 is 1.95. The largest absolute Gasteiger partial charge is 0.310 e. The highest BCUT2D eigenvalue weighted by molar-refractivity contribution is 7.98. The molecule has 13 heavy (non-hydrogen) atoms. The molecule has 2 saturated carbocycles. The molecule has 4 atom stereocenters. The summed E-state index contributed by atoms with van der Waals surface area (Å²) in [6.07, 6.45) is 8.18. The minimum Gasteiger partial charge on any atom is -0.310 e. The molecule has 1 nitrogen and oxygen atoms in total. The standard InChI is InChI=1S/C11H21NS/c1-8(7-13-2)12-11-6-9-3-4-10(11)5-9/h8-12H,3-7H2,1-2H3. The second-order valence-corrected chi connectivity index (χ2v) is 5.72. The summed E-state index contributed by atoms with van der Waals surface area (Å²) in [4.78, 5) is 0. The second kappa shape index (κ2) is 4.22. The minimum atomic E-state index is 0.708. The van der Waals surface area contributed by atoms with Crippen LogP contribution in [-0.2, 0) is 0 Å².